The van der Waals surface area contributed by atoms with Gasteiger partial charge in [-0.25, -0.2) is 13.1 Å². The van der Waals surface area contributed by atoms with E-state index in [9.17, 15) is 13.5 Å². The lowest BCUT2D eigenvalue weighted by atomic mass is 10.1. The lowest BCUT2D eigenvalue weighted by Crippen LogP contribution is -2.29. The number of benzene rings is 2. The fourth-order valence-electron chi connectivity index (χ4n) is 2.16. The zero-order valence-corrected chi connectivity index (χ0v) is 15.2. The van der Waals surface area contributed by atoms with Gasteiger partial charge in [-0.3, -0.25) is 0 Å². The van der Waals surface area contributed by atoms with Gasteiger partial charge in [0.15, 0.2) is 0 Å². The number of aliphatic hydroxyl groups is 1. The molecule has 0 bridgehead atoms. The zero-order valence-electron chi connectivity index (χ0n) is 13.6. The van der Waals surface area contributed by atoms with Gasteiger partial charge >= 0.3 is 0 Å². The summed E-state index contributed by atoms with van der Waals surface area (Å²) in [4.78, 5) is 1.15. The number of rotatable bonds is 8. The molecule has 2 aromatic rings. The average molecular weight is 367 g/mol. The van der Waals surface area contributed by atoms with Crippen LogP contribution >= 0.6 is 11.8 Å². The van der Waals surface area contributed by atoms with Crippen LogP contribution in [0.15, 0.2) is 58.3 Å². The topological polar surface area (TPSA) is 75.6 Å². The number of hydrogen-bond donors (Lipinski definition) is 2. The quantitative estimate of drug-likeness (QED) is 0.702. The van der Waals surface area contributed by atoms with Gasteiger partial charge in [0.25, 0.3) is 0 Å². The van der Waals surface area contributed by atoms with Gasteiger partial charge in [0.1, 0.15) is 10.6 Å². The zero-order chi connectivity index (χ0) is 17.6. The number of ether oxygens (including phenoxy) is 1. The predicted molar refractivity (Wildman–Crippen MR) is 96.0 cm³/mol. The van der Waals surface area contributed by atoms with E-state index in [4.69, 9.17) is 4.74 Å². The summed E-state index contributed by atoms with van der Waals surface area (Å²) in [6, 6.07) is 13.8. The maximum atomic E-state index is 12.5. The molecule has 24 heavy (non-hydrogen) atoms. The lowest BCUT2D eigenvalue weighted by molar-refractivity contribution is 0.182. The van der Waals surface area contributed by atoms with E-state index in [1.807, 2.05) is 18.4 Å². The van der Waals surface area contributed by atoms with Crippen LogP contribution in [-0.2, 0) is 10.0 Å². The normalized spacial score (nSPS) is 12.8. The van der Waals surface area contributed by atoms with Gasteiger partial charge in [-0.2, -0.15) is 0 Å². The molecule has 0 aliphatic rings. The van der Waals surface area contributed by atoms with Crippen LogP contribution in [-0.4, -0.2) is 32.9 Å². The summed E-state index contributed by atoms with van der Waals surface area (Å²) in [6.45, 7) is 2.05. The van der Waals surface area contributed by atoms with Crippen molar-refractivity contribution in [1.82, 2.24) is 4.72 Å². The molecule has 7 heteroatoms. The molecule has 0 saturated carbocycles. The summed E-state index contributed by atoms with van der Waals surface area (Å²) in [7, 11) is -3.77. The van der Waals surface area contributed by atoms with Crippen molar-refractivity contribution in [2.24, 2.45) is 0 Å². The molecule has 0 amide bonds. The first-order chi connectivity index (χ1) is 11.5. The largest absolute Gasteiger partial charge is 0.492 e. The summed E-state index contributed by atoms with van der Waals surface area (Å²) in [5.41, 5.74) is 0.661. The Morgan fingerprint density at radius 2 is 1.83 bits per heavy atom. The third-order valence-electron chi connectivity index (χ3n) is 3.41. The number of sulfonamides is 1. The second-order valence-electron chi connectivity index (χ2n) is 5.02. The Bertz CT molecular complexity index is 760. The van der Waals surface area contributed by atoms with E-state index in [-0.39, 0.29) is 11.4 Å². The van der Waals surface area contributed by atoms with E-state index in [1.165, 1.54) is 6.07 Å². The van der Waals surface area contributed by atoms with Crippen molar-refractivity contribution in [2.75, 3.05) is 19.4 Å². The van der Waals surface area contributed by atoms with E-state index >= 15 is 0 Å². The van der Waals surface area contributed by atoms with Crippen molar-refractivity contribution in [3.63, 3.8) is 0 Å². The van der Waals surface area contributed by atoms with Gasteiger partial charge in [0.05, 0.1) is 12.7 Å². The monoisotopic (exact) mass is 367 g/mol. The van der Waals surface area contributed by atoms with Crippen LogP contribution in [0.5, 0.6) is 5.75 Å². The summed E-state index contributed by atoms with van der Waals surface area (Å²) in [5, 5.41) is 10.2. The second kappa shape index (κ2) is 8.53. The molecule has 0 aliphatic heterocycles. The van der Waals surface area contributed by atoms with Crippen molar-refractivity contribution in [2.45, 2.75) is 22.8 Å². The van der Waals surface area contributed by atoms with Gasteiger partial charge in [-0.05, 0) is 43.0 Å². The van der Waals surface area contributed by atoms with Gasteiger partial charge < -0.3 is 9.84 Å². The predicted octanol–water partition coefficient (Wildman–Crippen LogP) is 2.82. The molecule has 2 N–H and O–H groups in total. The Labute approximate surface area is 147 Å². The number of hydrogen-bond acceptors (Lipinski definition) is 5. The molecule has 0 aromatic heterocycles. The minimum atomic E-state index is -3.77. The number of aliphatic hydroxyl groups excluding tert-OH is 1. The van der Waals surface area contributed by atoms with Crippen LogP contribution in [0.2, 0.25) is 0 Å². The highest BCUT2D eigenvalue weighted by atomic mass is 32.2. The molecule has 2 rings (SSSR count). The summed E-state index contributed by atoms with van der Waals surface area (Å²) in [6.07, 6.45) is 1.05. The molecule has 0 aliphatic carbocycles. The molecule has 130 valence electrons. The highest BCUT2D eigenvalue weighted by Crippen LogP contribution is 2.24. The molecule has 0 radical (unpaired) electrons. The van der Waals surface area contributed by atoms with Crippen LogP contribution in [0.3, 0.4) is 0 Å². The van der Waals surface area contributed by atoms with Crippen molar-refractivity contribution in [1.29, 1.82) is 0 Å². The van der Waals surface area contributed by atoms with Crippen LogP contribution in [0.25, 0.3) is 0 Å². The Hall–Kier alpha value is -1.54. The third kappa shape index (κ3) is 4.73. The molecule has 1 atom stereocenters. The Morgan fingerprint density at radius 1 is 1.17 bits per heavy atom. The smallest absolute Gasteiger partial charge is 0.244 e. The summed E-state index contributed by atoms with van der Waals surface area (Å²) < 4.78 is 32.7. The number of nitrogens with one attached hydrogen (secondary N) is 1. The fourth-order valence-corrected chi connectivity index (χ4v) is 3.75. The van der Waals surface area contributed by atoms with Crippen molar-refractivity contribution >= 4 is 21.8 Å². The first kappa shape index (κ1) is 18.8. The van der Waals surface area contributed by atoms with Crippen LogP contribution in [0, 0.1) is 0 Å². The standard InChI is InChI=1S/C17H21NO4S2/c1-3-22-16-6-4-5-7-17(16)24(20,21)18-12-15(19)13-8-10-14(23-2)11-9-13/h4-11,15,18-19H,3,12H2,1-2H3. The maximum absolute atomic E-state index is 12.5. The van der Waals surface area contributed by atoms with E-state index in [0.29, 0.717) is 17.9 Å². The average Bonchev–Trinajstić information content (AvgIpc) is 2.60. The van der Waals surface area contributed by atoms with E-state index in [0.717, 1.165) is 4.90 Å². The SMILES string of the molecule is CCOc1ccccc1S(=O)(=O)NCC(O)c1ccc(SC)cc1. The minimum Gasteiger partial charge on any atom is -0.492 e. The molecule has 0 fully saturated rings. The summed E-state index contributed by atoms with van der Waals surface area (Å²) in [5.74, 6) is 0.298. The lowest BCUT2D eigenvalue weighted by Gasteiger charge is -2.15. The molecule has 1 unspecified atom stereocenters. The highest BCUT2D eigenvalue weighted by molar-refractivity contribution is 7.98. The molecule has 5 nitrogen and oxygen atoms in total. The van der Waals surface area contributed by atoms with E-state index < -0.39 is 16.1 Å². The third-order valence-corrected chi connectivity index (χ3v) is 5.61. The molecule has 2 aromatic carbocycles. The van der Waals surface area contributed by atoms with Crippen LogP contribution in [0.1, 0.15) is 18.6 Å². The van der Waals surface area contributed by atoms with Crippen LogP contribution < -0.4 is 9.46 Å². The van der Waals surface area contributed by atoms with Crippen molar-refractivity contribution in [3.05, 3.63) is 54.1 Å². The van der Waals surface area contributed by atoms with Crippen molar-refractivity contribution < 1.29 is 18.3 Å². The van der Waals surface area contributed by atoms with Crippen molar-refractivity contribution in [3.8, 4) is 5.75 Å². The molecule has 0 heterocycles. The van der Waals surface area contributed by atoms with Gasteiger partial charge in [0.2, 0.25) is 10.0 Å². The molecular formula is C17H21NO4S2. The molecule has 0 spiro atoms. The Morgan fingerprint density at radius 3 is 2.46 bits per heavy atom. The first-order valence-electron chi connectivity index (χ1n) is 7.51. The number of para-hydroxylation sites is 1. The first-order valence-corrected chi connectivity index (χ1v) is 10.2. The van der Waals surface area contributed by atoms with E-state index in [2.05, 4.69) is 4.72 Å². The van der Waals surface area contributed by atoms with Gasteiger partial charge in [0, 0.05) is 11.4 Å². The maximum Gasteiger partial charge on any atom is 0.244 e. The summed E-state index contributed by atoms with van der Waals surface area (Å²) >= 11 is 1.60. The fraction of sp³-hybridized carbons (Fsp3) is 0.294. The van der Waals surface area contributed by atoms with Crippen LogP contribution in [0.4, 0.5) is 0 Å². The molecular weight excluding hydrogens is 346 g/mol. The van der Waals surface area contributed by atoms with Gasteiger partial charge in [-0.1, -0.05) is 24.3 Å². The Balaban J connectivity index is 2.09. The highest BCUT2D eigenvalue weighted by Gasteiger charge is 2.20. The second-order valence-corrected chi connectivity index (χ2v) is 7.64. The number of thioether (sulfide) groups is 1. The Kier molecular flexibility index (Phi) is 6.68. The van der Waals surface area contributed by atoms with E-state index in [1.54, 1.807) is 49.0 Å². The van der Waals surface area contributed by atoms with Gasteiger partial charge in [-0.15, -0.1) is 11.8 Å². The molecule has 0 saturated heterocycles. The minimum absolute atomic E-state index is 0.0665.